The minimum absolute atomic E-state index is 0.603. The van der Waals surface area contributed by atoms with Crippen LogP contribution >= 0.6 is 0 Å². The maximum Gasteiger partial charge on any atom is 0.164 e. The topological polar surface area (TPSA) is 51.6 Å². The number of hydrogen-bond donors (Lipinski definition) is 0. The van der Waals surface area contributed by atoms with Crippen LogP contribution in [0.5, 0.6) is 0 Å². The number of aromatic nitrogens is 4. The first-order chi connectivity index (χ1) is 27.3. The molecule has 9 aromatic rings. The fourth-order valence-corrected chi connectivity index (χ4v) is 8.14. The van der Waals surface area contributed by atoms with Gasteiger partial charge in [0.05, 0.1) is 5.41 Å². The molecular formula is C51H34N4. The van der Waals surface area contributed by atoms with E-state index in [4.69, 9.17) is 15.0 Å². The molecule has 258 valence electrons. The molecule has 0 saturated carbocycles. The molecular weight excluding hydrogens is 669 g/mol. The van der Waals surface area contributed by atoms with Crippen LogP contribution in [0, 0.1) is 0 Å². The SMILES string of the molecule is c1ccc(-c2nc(-c3ccccc3)nc(-c3ccc4c(c3)C(c3ccccc3)(c3ccccc3)c3cc(-c5ccc(-c6ccncc6)cc5)ccc3-4)n2)cc1. The monoisotopic (exact) mass is 702 g/mol. The van der Waals surface area contributed by atoms with Crippen LogP contribution in [0.3, 0.4) is 0 Å². The third-order valence-corrected chi connectivity index (χ3v) is 10.7. The maximum atomic E-state index is 5.12. The van der Waals surface area contributed by atoms with E-state index in [1.807, 2.05) is 85.2 Å². The molecule has 0 amide bonds. The summed E-state index contributed by atoms with van der Waals surface area (Å²) in [7, 11) is 0. The highest BCUT2D eigenvalue weighted by molar-refractivity contribution is 5.90. The van der Waals surface area contributed by atoms with Crippen LogP contribution in [-0.4, -0.2) is 19.9 Å². The van der Waals surface area contributed by atoms with Gasteiger partial charge in [-0.25, -0.2) is 15.0 Å². The smallest absolute Gasteiger partial charge is 0.164 e. The van der Waals surface area contributed by atoms with Gasteiger partial charge in [-0.3, -0.25) is 4.98 Å². The van der Waals surface area contributed by atoms with E-state index >= 15 is 0 Å². The van der Waals surface area contributed by atoms with E-state index in [1.165, 1.54) is 50.1 Å². The predicted molar refractivity (Wildman–Crippen MR) is 222 cm³/mol. The van der Waals surface area contributed by atoms with E-state index in [2.05, 4.69) is 126 Å². The molecule has 55 heavy (non-hydrogen) atoms. The lowest BCUT2D eigenvalue weighted by molar-refractivity contribution is 0.769. The Morgan fingerprint density at radius 2 is 0.655 bits per heavy atom. The normalized spacial score (nSPS) is 12.5. The Hall–Kier alpha value is -7.30. The number of hydrogen-bond acceptors (Lipinski definition) is 4. The number of fused-ring (bicyclic) bond motifs is 3. The predicted octanol–water partition coefficient (Wildman–Crippen LogP) is 12.0. The number of nitrogens with zero attached hydrogens (tertiary/aromatic N) is 4. The fourth-order valence-electron chi connectivity index (χ4n) is 8.14. The number of pyridine rings is 1. The third-order valence-electron chi connectivity index (χ3n) is 10.7. The van der Waals surface area contributed by atoms with Gasteiger partial charge in [0.15, 0.2) is 17.5 Å². The van der Waals surface area contributed by atoms with Crippen molar-refractivity contribution in [2.45, 2.75) is 5.41 Å². The molecule has 7 aromatic carbocycles. The second kappa shape index (κ2) is 13.6. The van der Waals surface area contributed by atoms with Crippen LogP contribution in [0.25, 0.3) is 67.5 Å². The van der Waals surface area contributed by atoms with E-state index in [1.54, 1.807) is 0 Å². The van der Waals surface area contributed by atoms with Gasteiger partial charge in [-0.05, 0) is 79.9 Å². The van der Waals surface area contributed by atoms with Gasteiger partial charge in [-0.1, -0.05) is 170 Å². The molecule has 0 aliphatic heterocycles. The van der Waals surface area contributed by atoms with Crippen LogP contribution in [0.15, 0.2) is 207 Å². The van der Waals surface area contributed by atoms with Gasteiger partial charge in [0.2, 0.25) is 0 Å². The zero-order chi connectivity index (χ0) is 36.6. The second-order valence-corrected chi connectivity index (χ2v) is 13.9. The standard InChI is InChI=1S/C51H34N4/c1-5-13-38(14-6-1)48-53-49(39-15-7-2-8-16-39)55-50(54-48)41-26-28-45-44-27-25-40(36-23-21-35(22-24-36)37-29-31-52-32-30-37)33-46(44)51(47(45)34-41,42-17-9-3-10-18-42)43-19-11-4-12-20-43/h1-34H. The summed E-state index contributed by atoms with van der Waals surface area (Å²) >= 11 is 0. The van der Waals surface area contributed by atoms with Gasteiger partial charge >= 0.3 is 0 Å². The summed E-state index contributed by atoms with van der Waals surface area (Å²) in [6, 6.07) is 68.8. The largest absolute Gasteiger partial charge is 0.265 e. The lowest BCUT2D eigenvalue weighted by Crippen LogP contribution is -2.28. The molecule has 10 rings (SSSR count). The fraction of sp³-hybridized carbons (Fsp3) is 0.0196. The first-order valence-corrected chi connectivity index (χ1v) is 18.5. The van der Waals surface area contributed by atoms with Crippen molar-refractivity contribution in [1.29, 1.82) is 0 Å². The molecule has 2 aromatic heterocycles. The summed E-state index contributed by atoms with van der Waals surface area (Å²) in [5, 5.41) is 0. The molecule has 0 radical (unpaired) electrons. The Labute approximate surface area is 320 Å². The zero-order valence-electron chi connectivity index (χ0n) is 29.9. The highest BCUT2D eigenvalue weighted by atomic mass is 15.0. The molecule has 1 aliphatic rings. The number of rotatable bonds is 7. The molecule has 2 heterocycles. The van der Waals surface area contributed by atoms with Crippen molar-refractivity contribution in [2.24, 2.45) is 0 Å². The molecule has 0 bridgehead atoms. The van der Waals surface area contributed by atoms with Crippen LogP contribution in [0.4, 0.5) is 0 Å². The van der Waals surface area contributed by atoms with Crippen LogP contribution < -0.4 is 0 Å². The van der Waals surface area contributed by atoms with Crippen molar-refractivity contribution < 1.29 is 0 Å². The summed E-state index contributed by atoms with van der Waals surface area (Å²) < 4.78 is 0. The van der Waals surface area contributed by atoms with Crippen molar-refractivity contribution in [3.8, 4) is 67.5 Å². The van der Waals surface area contributed by atoms with Gasteiger partial charge in [0, 0.05) is 29.1 Å². The van der Waals surface area contributed by atoms with Gasteiger partial charge < -0.3 is 0 Å². The molecule has 0 unspecified atom stereocenters. The molecule has 0 spiro atoms. The molecule has 1 aliphatic carbocycles. The Bertz CT molecular complexity index is 2670. The Morgan fingerprint density at radius 3 is 1.15 bits per heavy atom. The highest BCUT2D eigenvalue weighted by Crippen LogP contribution is 2.57. The van der Waals surface area contributed by atoms with Gasteiger partial charge in [0.1, 0.15) is 0 Å². The second-order valence-electron chi connectivity index (χ2n) is 13.9. The minimum atomic E-state index is -0.603. The van der Waals surface area contributed by atoms with Gasteiger partial charge in [-0.2, -0.15) is 0 Å². The average molecular weight is 703 g/mol. The van der Waals surface area contributed by atoms with Gasteiger partial charge in [0.25, 0.3) is 0 Å². The summed E-state index contributed by atoms with van der Waals surface area (Å²) in [4.78, 5) is 19.4. The molecule has 4 nitrogen and oxygen atoms in total. The summed E-state index contributed by atoms with van der Waals surface area (Å²) in [5.74, 6) is 1.92. The van der Waals surface area contributed by atoms with Crippen molar-refractivity contribution in [3.05, 3.63) is 229 Å². The maximum absolute atomic E-state index is 5.12. The third kappa shape index (κ3) is 5.63. The molecule has 0 N–H and O–H groups in total. The summed E-state index contributed by atoms with van der Waals surface area (Å²) in [6.07, 6.45) is 3.68. The molecule has 4 heteroatoms. The van der Waals surface area contributed by atoms with Crippen LogP contribution in [0.1, 0.15) is 22.3 Å². The van der Waals surface area contributed by atoms with Crippen LogP contribution in [0.2, 0.25) is 0 Å². The average Bonchev–Trinajstić information content (AvgIpc) is 3.57. The lowest BCUT2D eigenvalue weighted by atomic mass is 9.67. The Kier molecular flexibility index (Phi) is 8.00. The van der Waals surface area contributed by atoms with Crippen molar-refractivity contribution in [3.63, 3.8) is 0 Å². The Balaban J connectivity index is 1.19. The van der Waals surface area contributed by atoms with E-state index in [0.717, 1.165) is 22.3 Å². The van der Waals surface area contributed by atoms with Crippen molar-refractivity contribution >= 4 is 0 Å². The molecule has 0 saturated heterocycles. The summed E-state index contributed by atoms with van der Waals surface area (Å²) in [5.41, 5.74) is 14.2. The van der Waals surface area contributed by atoms with Crippen LogP contribution in [-0.2, 0) is 5.41 Å². The lowest BCUT2D eigenvalue weighted by Gasteiger charge is -2.34. The van der Waals surface area contributed by atoms with Crippen molar-refractivity contribution in [2.75, 3.05) is 0 Å². The van der Waals surface area contributed by atoms with Gasteiger partial charge in [-0.15, -0.1) is 0 Å². The first-order valence-electron chi connectivity index (χ1n) is 18.5. The zero-order valence-corrected chi connectivity index (χ0v) is 29.9. The highest BCUT2D eigenvalue weighted by Gasteiger charge is 2.46. The first kappa shape index (κ1) is 32.4. The van der Waals surface area contributed by atoms with Crippen molar-refractivity contribution in [1.82, 2.24) is 19.9 Å². The minimum Gasteiger partial charge on any atom is -0.265 e. The quantitative estimate of drug-likeness (QED) is 0.166. The molecule has 0 fully saturated rings. The van der Waals surface area contributed by atoms with E-state index in [-0.39, 0.29) is 0 Å². The van der Waals surface area contributed by atoms with E-state index in [0.29, 0.717) is 17.5 Å². The van der Waals surface area contributed by atoms with E-state index < -0.39 is 5.41 Å². The summed E-state index contributed by atoms with van der Waals surface area (Å²) in [6.45, 7) is 0. The molecule has 0 atom stereocenters. The van der Waals surface area contributed by atoms with E-state index in [9.17, 15) is 0 Å². The Morgan fingerprint density at radius 1 is 0.291 bits per heavy atom. The number of benzene rings is 7.